The second kappa shape index (κ2) is 7.71. The highest BCUT2D eigenvalue weighted by molar-refractivity contribution is 6.12. The Morgan fingerprint density at radius 2 is 1.55 bits per heavy atom. The largest absolute Gasteiger partial charge is 0.326 e. The summed E-state index contributed by atoms with van der Waals surface area (Å²) >= 11 is 0. The fraction of sp³-hybridized carbons (Fsp3) is 0.217. The van der Waals surface area contributed by atoms with Crippen LogP contribution in [0, 0.1) is 13.8 Å². The molecule has 1 aromatic heterocycles. The molecular formula is C23H23N5O3. The number of carbonyl (C=O) groups excluding carboxylic acids is 3. The van der Waals surface area contributed by atoms with E-state index < -0.39 is 29.9 Å². The molecule has 158 valence electrons. The first-order valence-electron chi connectivity index (χ1n) is 9.90. The number of anilines is 1. The Balaban J connectivity index is 1.66. The maximum absolute atomic E-state index is 13.6. The van der Waals surface area contributed by atoms with Crippen molar-refractivity contribution >= 4 is 23.5 Å². The summed E-state index contributed by atoms with van der Waals surface area (Å²) in [5.74, 6) is -0.968. The second-order valence-corrected chi connectivity index (χ2v) is 7.52. The first-order chi connectivity index (χ1) is 14.8. The van der Waals surface area contributed by atoms with Crippen LogP contribution in [0.25, 0.3) is 0 Å². The van der Waals surface area contributed by atoms with Crippen molar-refractivity contribution < 1.29 is 14.4 Å². The number of benzene rings is 2. The molecule has 1 fully saturated rings. The van der Waals surface area contributed by atoms with Gasteiger partial charge in [-0.1, -0.05) is 60.7 Å². The van der Waals surface area contributed by atoms with Crippen LogP contribution in [0.3, 0.4) is 0 Å². The van der Waals surface area contributed by atoms with E-state index in [1.165, 1.54) is 0 Å². The van der Waals surface area contributed by atoms with E-state index in [0.717, 1.165) is 10.6 Å². The Labute approximate surface area is 179 Å². The van der Waals surface area contributed by atoms with E-state index in [1.54, 1.807) is 42.9 Å². The minimum Gasteiger partial charge on any atom is -0.321 e. The molecule has 1 aliphatic rings. The van der Waals surface area contributed by atoms with E-state index in [0.29, 0.717) is 22.5 Å². The monoisotopic (exact) mass is 417 g/mol. The summed E-state index contributed by atoms with van der Waals surface area (Å²) in [7, 11) is 1.78. The van der Waals surface area contributed by atoms with Crippen LogP contribution in [0.2, 0.25) is 0 Å². The number of carbonyl (C=O) groups is 3. The third-order valence-electron chi connectivity index (χ3n) is 5.59. The minimum absolute atomic E-state index is 0.403. The molecule has 0 spiro atoms. The molecule has 0 saturated carbocycles. The molecule has 3 aromatic rings. The molecule has 1 aliphatic heterocycles. The molecule has 2 N–H and O–H groups in total. The zero-order chi connectivity index (χ0) is 22.2. The Hall–Kier alpha value is -3.94. The number of amides is 4. The number of nitrogens with zero attached hydrogens (tertiary/aromatic N) is 3. The van der Waals surface area contributed by atoms with Crippen LogP contribution < -0.4 is 10.6 Å². The van der Waals surface area contributed by atoms with Crippen molar-refractivity contribution in [2.24, 2.45) is 7.05 Å². The quantitative estimate of drug-likeness (QED) is 0.624. The minimum atomic E-state index is -1.39. The number of urea groups is 1. The average Bonchev–Trinajstić information content (AvgIpc) is 3.17. The molecule has 1 saturated heterocycles. The molecule has 0 radical (unpaired) electrons. The summed E-state index contributed by atoms with van der Waals surface area (Å²) in [5, 5.41) is 9.88. The van der Waals surface area contributed by atoms with E-state index in [9.17, 15) is 14.4 Å². The third-order valence-corrected chi connectivity index (χ3v) is 5.59. The molecule has 0 unspecified atom stereocenters. The summed E-state index contributed by atoms with van der Waals surface area (Å²) < 4.78 is 1.66. The Morgan fingerprint density at radius 1 is 1.00 bits per heavy atom. The van der Waals surface area contributed by atoms with Crippen molar-refractivity contribution in [2.75, 3.05) is 11.9 Å². The summed E-state index contributed by atoms with van der Waals surface area (Å²) in [6, 6.07) is 17.5. The average molecular weight is 417 g/mol. The van der Waals surface area contributed by atoms with Gasteiger partial charge < -0.3 is 10.6 Å². The van der Waals surface area contributed by atoms with Gasteiger partial charge in [-0.3, -0.25) is 19.2 Å². The maximum Gasteiger partial charge on any atom is 0.326 e. The van der Waals surface area contributed by atoms with Crippen LogP contribution in [0.4, 0.5) is 10.5 Å². The summed E-state index contributed by atoms with van der Waals surface area (Å²) in [6.07, 6.45) is 0. The number of nitrogens with one attached hydrogen (secondary N) is 2. The van der Waals surface area contributed by atoms with Gasteiger partial charge in [-0.05, 0) is 25.0 Å². The number of rotatable bonds is 5. The van der Waals surface area contributed by atoms with Crippen molar-refractivity contribution in [3.8, 4) is 0 Å². The summed E-state index contributed by atoms with van der Waals surface area (Å²) in [6.45, 7) is 3.21. The highest BCUT2D eigenvalue weighted by atomic mass is 16.2. The predicted octanol–water partition coefficient (Wildman–Crippen LogP) is 2.47. The van der Waals surface area contributed by atoms with E-state index in [2.05, 4.69) is 15.7 Å². The van der Waals surface area contributed by atoms with Gasteiger partial charge in [0.15, 0.2) is 5.54 Å². The van der Waals surface area contributed by atoms with Crippen molar-refractivity contribution in [1.82, 2.24) is 20.0 Å². The van der Waals surface area contributed by atoms with Crippen LogP contribution in [0.1, 0.15) is 22.5 Å². The molecule has 0 atom stereocenters. The molecule has 0 aliphatic carbocycles. The van der Waals surface area contributed by atoms with Crippen LogP contribution in [-0.4, -0.2) is 39.1 Å². The van der Waals surface area contributed by atoms with E-state index in [-0.39, 0.29) is 0 Å². The first-order valence-corrected chi connectivity index (χ1v) is 9.90. The molecule has 0 bridgehead atoms. The molecular weight excluding hydrogens is 394 g/mol. The first kappa shape index (κ1) is 20.3. The number of aryl methyl sites for hydroxylation is 2. The van der Waals surface area contributed by atoms with Gasteiger partial charge in [0.2, 0.25) is 5.91 Å². The van der Waals surface area contributed by atoms with Gasteiger partial charge >= 0.3 is 6.03 Å². The predicted molar refractivity (Wildman–Crippen MR) is 115 cm³/mol. The van der Waals surface area contributed by atoms with E-state index in [4.69, 9.17) is 0 Å². The highest BCUT2D eigenvalue weighted by Crippen LogP contribution is 2.35. The van der Waals surface area contributed by atoms with Gasteiger partial charge in [0.1, 0.15) is 6.54 Å². The topological polar surface area (TPSA) is 96.3 Å². The van der Waals surface area contributed by atoms with Crippen molar-refractivity contribution in [3.63, 3.8) is 0 Å². The molecule has 8 nitrogen and oxygen atoms in total. The van der Waals surface area contributed by atoms with Crippen molar-refractivity contribution in [1.29, 1.82) is 0 Å². The lowest BCUT2D eigenvalue weighted by atomic mass is 9.82. The lowest BCUT2D eigenvalue weighted by molar-refractivity contribution is -0.133. The van der Waals surface area contributed by atoms with Gasteiger partial charge in [-0.15, -0.1) is 0 Å². The molecule has 2 heterocycles. The number of aromatic nitrogens is 2. The van der Waals surface area contributed by atoms with Crippen LogP contribution in [0.5, 0.6) is 0 Å². The van der Waals surface area contributed by atoms with Gasteiger partial charge in [0.25, 0.3) is 5.91 Å². The standard InChI is InChI=1S/C23H23N5O3/c1-15-20(16(2)27(3)26-15)24-19(29)14-28-21(30)23(25-22(28)31,17-10-6-4-7-11-17)18-12-8-5-9-13-18/h4-13H,14H2,1-3H3,(H,24,29)(H,25,31). The summed E-state index contributed by atoms with van der Waals surface area (Å²) in [5.41, 5.74) is 1.89. The van der Waals surface area contributed by atoms with E-state index >= 15 is 0 Å². The maximum atomic E-state index is 13.6. The van der Waals surface area contributed by atoms with Gasteiger partial charge in [0.05, 0.1) is 17.1 Å². The summed E-state index contributed by atoms with van der Waals surface area (Å²) in [4.78, 5) is 40.2. The zero-order valence-corrected chi connectivity index (χ0v) is 17.5. The second-order valence-electron chi connectivity index (χ2n) is 7.52. The van der Waals surface area contributed by atoms with Gasteiger partial charge in [-0.25, -0.2) is 4.79 Å². The van der Waals surface area contributed by atoms with Gasteiger partial charge in [0, 0.05) is 7.05 Å². The third kappa shape index (κ3) is 3.35. The van der Waals surface area contributed by atoms with Gasteiger partial charge in [-0.2, -0.15) is 5.10 Å². The van der Waals surface area contributed by atoms with Crippen LogP contribution in [-0.2, 0) is 22.2 Å². The fourth-order valence-electron chi connectivity index (χ4n) is 3.93. The molecule has 2 aromatic carbocycles. The van der Waals surface area contributed by atoms with Crippen LogP contribution >= 0.6 is 0 Å². The normalized spacial score (nSPS) is 15.1. The van der Waals surface area contributed by atoms with Crippen LogP contribution in [0.15, 0.2) is 60.7 Å². The zero-order valence-electron chi connectivity index (χ0n) is 17.5. The Bertz CT molecular complexity index is 1120. The molecule has 4 rings (SSSR count). The molecule has 4 amide bonds. The lowest BCUT2D eigenvalue weighted by Crippen LogP contribution is -2.45. The van der Waals surface area contributed by atoms with E-state index in [1.807, 2.05) is 43.3 Å². The SMILES string of the molecule is Cc1nn(C)c(C)c1NC(=O)CN1C(=O)NC(c2ccccc2)(c2ccccc2)C1=O. The molecule has 8 heteroatoms. The lowest BCUT2D eigenvalue weighted by Gasteiger charge is -2.28. The Morgan fingerprint density at radius 3 is 2.03 bits per heavy atom. The number of hydrogen-bond donors (Lipinski definition) is 2. The fourth-order valence-corrected chi connectivity index (χ4v) is 3.93. The smallest absolute Gasteiger partial charge is 0.321 e. The number of hydrogen-bond acceptors (Lipinski definition) is 4. The van der Waals surface area contributed by atoms with Crippen molar-refractivity contribution in [2.45, 2.75) is 19.4 Å². The molecule has 31 heavy (non-hydrogen) atoms. The Kier molecular flexibility index (Phi) is 5.06. The number of imide groups is 1. The van der Waals surface area contributed by atoms with Crippen molar-refractivity contribution in [3.05, 3.63) is 83.2 Å². The highest BCUT2D eigenvalue weighted by Gasteiger charge is 2.54.